The summed E-state index contributed by atoms with van der Waals surface area (Å²) in [6.07, 6.45) is 6.58. The second kappa shape index (κ2) is 3.97. The van der Waals surface area contributed by atoms with Crippen LogP contribution in [0.4, 0.5) is 13.2 Å². The molecule has 1 rings (SSSR count). The molecule has 0 aliphatic carbocycles. The lowest BCUT2D eigenvalue weighted by molar-refractivity contribution is -0.0524. The predicted molar refractivity (Wildman–Crippen MR) is 45.6 cm³/mol. The van der Waals surface area contributed by atoms with Gasteiger partial charge < -0.3 is 9.50 Å². The molecule has 0 saturated carbocycles. The Hall–Kier alpha value is -1.44. The molecule has 0 fully saturated rings. The van der Waals surface area contributed by atoms with Gasteiger partial charge in [-0.2, -0.15) is 21.6 Å². The maximum Gasteiger partial charge on any atom is 0.534 e. The van der Waals surface area contributed by atoms with Crippen LogP contribution in [0.25, 0.3) is 0 Å². The van der Waals surface area contributed by atoms with Gasteiger partial charge in [-0.05, 0) is 12.2 Å². The first-order valence-corrected chi connectivity index (χ1v) is 5.04. The third kappa shape index (κ3) is 3.01. The Bertz CT molecular complexity index is 419. The van der Waals surface area contributed by atoms with Crippen LogP contribution >= 0.6 is 0 Å². The zero-order valence-electron chi connectivity index (χ0n) is 7.15. The van der Waals surface area contributed by atoms with Crippen LogP contribution in [-0.2, 0) is 14.3 Å². The van der Waals surface area contributed by atoms with Gasteiger partial charge in [-0.3, -0.25) is 0 Å². The summed E-state index contributed by atoms with van der Waals surface area (Å²) in [7, 11) is -5.61. The van der Waals surface area contributed by atoms with E-state index in [1.165, 1.54) is 24.4 Å². The number of hydrogen-bond donors (Lipinski definition) is 1. The normalized spacial score (nSPS) is 16.6. The van der Waals surface area contributed by atoms with E-state index in [1.54, 1.807) is 0 Å². The topological polar surface area (TPSA) is 55.4 Å². The molecule has 0 amide bonds. The van der Waals surface area contributed by atoms with E-state index in [0.717, 1.165) is 6.08 Å². The molecule has 0 bridgehead atoms. The van der Waals surface area contributed by atoms with Crippen LogP contribution in [0, 0.1) is 0 Å². The fourth-order valence-corrected chi connectivity index (χ4v) is 1.09. The molecule has 0 aromatic rings. The van der Waals surface area contributed by atoms with Gasteiger partial charge in [-0.15, -0.1) is 0 Å². The maximum absolute atomic E-state index is 11.9. The summed E-state index contributed by atoms with van der Waals surface area (Å²) in [5.41, 5.74) is -5.44. The zero-order valence-corrected chi connectivity index (χ0v) is 7.97. The van der Waals surface area contributed by atoms with Crippen LogP contribution in [0.1, 0.15) is 0 Å². The minimum absolute atomic E-state index is 0.516. The molecule has 1 N–H and O–H groups in total. The highest BCUT2D eigenvalue weighted by Crippen LogP contribution is 2.26. The van der Waals surface area contributed by atoms with E-state index < -0.39 is 21.5 Å². The highest BCUT2D eigenvalue weighted by Gasteiger charge is 2.48. The second-order valence-electron chi connectivity index (χ2n) is 2.40. The van der Waals surface area contributed by atoms with Gasteiger partial charge in [0.05, 0.1) is 0 Å². The maximum atomic E-state index is 11.9. The van der Waals surface area contributed by atoms with Crippen molar-refractivity contribution in [2.75, 3.05) is 0 Å². The third-order valence-corrected chi connectivity index (χ3v) is 2.24. The molecule has 84 valence electrons. The lowest BCUT2D eigenvalue weighted by Crippen LogP contribution is -2.27. The number of alkyl halides is 3. The predicted octanol–water partition coefficient (Wildman–Crippen LogP) is 1.37. The Kier molecular flexibility index (Phi) is 3.08. The van der Waals surface area contributed by atoms with Crippen molar-refractivity contribution in [1.29, 1.82) is 0 Å². The van der Waals surface area contributed by atoms with Gasteiger partial charge in [0.2, 0.25) is 5.88 Å². The Morgan fingerprint density at radius 2 is 1.87 bits per heavy atom. The van der Waals surface area contributed by atoms with E-state index >= 15 is 0 Å². The van der Waals surface area contributed by atoms with Crippen molar-refractivity contribution in [3.8, 4) is 0 Å². The Morgan fingerprint density at radius 1 is 1.20 bits per heavy atom. The quantitative estimate of drug-likeness (QED) is 0.586. The molecule has 1 aliphatic heterocycles. The molecule has 0 aromatic heterocycles. The molecule has 0 atom stereocenters. The molecular weight excluding hydrogens is 235 g/mol. The fourth-order valence-electron chi connectivity index (χ4n) is 0.658. The average molecular weight is 241 g/mol. The van der Waals surface area contributed by atoms with Crippen LogP contribution in [-0.4, -0.2) is 13.9 Å². The molecule has 0 aromatic carbocycles. The number of rotatable bonds is 2. The van der Waals surface area contributed by atoms with Crippen LogP contribution in [0.2, 0.25) is 0 Å². The Balaban J connectivity index is 2.83. The summed E-state index contributed by atoms with van der Waals surface area (Å²) in [6, 6.07) is 0. The van der Waals surface area contributed by atoms with Crippen LogP contribution in [0.15, 0.2) is 36.4 Å². The van der Waals surface area contributed by atoms with E-state index in [0.29, 0.717) is 0 Å². The number of hydrogen-bond acceptors (Lipinski definition) is 4. The zero-order chi connectivity index (χ0) is 11.5. The monoisotopic (exact) mass is 241 g/mol. The Labute approximate surface area is 83.8 Å². The molecule has 1 aliphatic rings. The smallest absolute Gasteiger partial charge is 0.357 e. The van der Waals surface area contributed by atoms with E-state index in [-0.39, 0.29) is 0 Å². The summed E-state index contributed by atoms with van der Waals surface area (Å²) >= 11 is 0. The van der Waals surface area contributed by atoms with Crippen molar-refractivity contribution in [1.82, 2.24) is 5.32 Å². The highest BCUT2D eigenvalue weighted by atomic mass is 32.2. The first kappa shape index (κ1) is 11.6. The van der Waals surface area contributed by atoms with Crippen LogP contribution < -0.4 is 5.32 Å². The SMILES string of the molecule is O=S(=O)(OC1=CC=CC=CN1)C(F)(F)F. The van der Waals surface area contributed by atoms with E-state index in [4.69, 9.17) is 0 Å². The summed E-state index contributed by atoms with van der Waals surface area (Å²) in [5.74, 6) is -0.516. The van der Waals surface area contributed by atoms with E-state index in [2.05, 4.69) is 9.50 Å². The molecule has 8 heteroatoms. The highest BCUT2D eigenvalue weighted by molar-refractivity contribution is 7.87. The molecule has 15 heavy (non-hydrogen) atoms. The number of nitrogens with one attached hydrogen (secondary N) is 1. The van der Waals surface area contributed by atoms with Gasteiger partial charge in [-0.1, -0.05) is 12.2 Å². The van der Waals surface area contributed by atoms with Gasteiger partial charge in [0.25, 0.3) is 0 Å². The molecule has 4 nitrogen and oxygen atoms in total. The van der Waals surface area contributed by atoms with Gasteiger partial charge in [-0.25, -0.2) is 0 Å². The van der Waals surface area contributed by atoms with Crippen LogP contribution in [0.3, 0.4) is 0 Å². The fraction of sp³-hybridized carbons (Fsp3) is 0.143. The molecule has 0 radical (unpaired) electrons. The van der Waals surface area contributed by atoms with Gasteiger partial charge in [0.15, 0.2) is 0 Å². The molecule has 1 heterocycles. The Morgan fingerprint density at radius 3 is 2.47 bits per heavy atom. The van der Waals surface area contributed by atoms with Crippen molar-refractivity contribution in [2.24, 2.45) is 0 Å². The summed E-state index contributed by atoms with van der Waals surface area (Å²) in [5, 5.41) is 2.23. The minimum Gasteiger partial charge on any atom is -0.357 e. The van der Waals surface area contributed by atoms with Gasteiger partial charge >= 0.3 is 15.6 Å². The molecular formula is C7H6F3NO3S. The minimum atomic E-state index is -5.61. The van der Waals surface area contributed by atoms with Gasteiger partial charge in [0, 0.05) is 6.20 Å². The van der Waals surface area contributed by atoms with E-state index in [1.807, 2.05) is 0 Å². The van der Waals surface area contributed by atoms with Crippen molar-refractivity contribution in [3.05, 3.63) is 36.4 Å². The van der Waals surface area contributed by atoms with Crippen molar-refractivity contribution >= 4 is 10.1 Å². The lowest BCUT2D eigenvalue weighted by Gasteiger charge is -2.10. The van der Waals surface area contributed by atoms with Crippen LogP contribution in [0.5, 0.6) is 0 Å². The molecule has 0 spiro atoms. The average Bonchev–Trinajstić information content (AvgIpc) is 2.30. The first-order chi connectivity index (χ1) is 6.83. The molecule has 0 unspecified atom stereocenters. The van der Waals surface area contributed by atoms with Gasteiger partial charge in [0.1, 0.15) is 0 Å². The largest absolute Gasteiger partial charge is 0.534 e. The van der Waals surface area contributed by atoms with Crippen molar-refractivity contribution in [2.45, 2.75) is 5.51 Å². The summed E-state index contributed by atoms with van der Waals surface area (Å²) in [6.45, 7) is 0. The first-order valence-electron chi connectivity index (χ1n) is 3.64. The standard InChI is InChI=1S/C7H6F3NO3S/c8-7(9,10)15(12,13)14-6-4-2-1-3-5-11-6/h1-5,11H. The number of allylic oxidation sites excluding steroid dienone is 4. The van der Waals surface area contributed by atoms with Crippen molar-refractivity contribution in [3.63, 3.8) is 0 Å². The third-order valence-electron chi connectivity index (χ3n) is 1.27. The number of halogens is 3. The lowest BCUT2D eigenvalue weighted by atomic mass is 10.5. The summed E-state index contributed by atoms with van der Waals surface area (Å²) < 4.78 is 60.6. The second-order valence-corrected chi connectivity index (χ2v) is 3.94. The molecule has 0 saturated heterocycles. The van der Waals surface area contributed by atoms with Crippen molar-refractivity contribution < 1.29 is 25.8 Å². The summed E-state index contributed by atoms with van der Waals surface area (Å²) in [4.78, 5) is 0. The van der Waals surface area contributed by atoms with E-state index in [9.17, 15) is 21.6 Å².